The Hall–Kier alpha value is -1.99. The van der Waals surface area contributed by atoms with E-state index in [1.54, 1.807) is 6.07 Å². The first kappa shape index (κ1) is 19.8. The van der Waals surface area contributed by atoms with Crippen LogP contribution in [0.2, 0.25) is 0 Å². The van der Waals surface area contributed by atoms with E-state index in [2.05, 4.69) is 10.2 Å². The van der Waals surface area contributed by atoms with Gasteiger partial charge in [0.25, 0.3) is 5.69 Å². The van der Waals surface area contributed by atoms with Gasteiger partial charge >= 0.3 is 5.97 Å². The number of carboxylic acid groups (broad SMARTS) is 1. The van der Waals surface area contributed by atoms with E-state index >= 15 is 0 Å². The molecule has 0 radical (unpaired) electrons. The monoisotopic (exact) mass is 375 g/mol. The normalized spacial score (nSPS) is 22.1. The summed E-state index contributed by atoms with van der Waals surface area (Å²) < 4.78 is 0. The molecule has 0 heterocycles. The van der Waals surface area contributed by atoms with Gasteiger partial charge in [-0.3, -0.25) is 19.8 Å². The molecule has 0 aromatic heterocycles. The topological polar surface area (TPSA) is 95.7 Å². The number of nitro groups is 1. The smallest absolute Gasteiger partial charge is 0.317 e. The summed E-state index contributed by atoms with van der Waals surface area (Å²) in [5.41, 5.74) is 1.86. The van der Waals surface area contributed by atoms with E-state index in [9.17, 15) is 14.9 Å². The summed E-state index contributed by atoms with van der Waals surface area (Å²) >= 11 is 0. The van der Waals surface area contributed by atoms with Crippen LogP contribution in [-0.4, -0.2) is 46.1 Å². The Balaban J connectivity index is 1.51. The van der Waals surface area contributed by atoms with Crippen molar-refractivity contribution in [2.45, 2.75) is 64.1 Å². The fourth-order valence-corrected chi connectivity index (χ4v) is 3.81. The lowest BCUT2D eigenvalue weighted by molar-refractivity contribution is -0.385. The Kier molecular flexibility index (Phi) is 6.11. The van der Waals surface area contributed by atoms with Crippen LogP contribution in [0.1, 0.15) is 56.6 Å². The van der Waals surface area contributed by atoms with Crippen molar-refractivity contribution in [1.29, 1.82) is 0 Å². The first-order chi connectivity index (χ1) is 12.8. The Morgan fingerprint density at radius 2 is 2.07 bits per heavy atom. The van der Waals surface area contributed by atoms with E-state index in [1.165, 1.54) is 12.8 Å². The van der Waals surface area contributed by atoms with Crippen molar-refractivity contribution in [3.63, 3.8) is 0 Å². The van der Waals surface area contributed by atoms with Crippen LogP contribution in [0, 0.1) is 16.0 Å². The predicted octanol–water partition coefficient (Wildman–Crippen LogP) is 3.14. The molecule has 0 saturated heterocycles. The molecule has 0 atom stereocenters. The van der Waals surface area contributed by atoms with Gasteiger partial charge in [0, 0.05) is 36.8 Å². The molecule has 3 rings (SSSR count). The van der Waals surface area contributed by atoms with Gasteiger partial charge in [-0.05, 0) is 43.1 Å². The van der Waals surface area contributed by atoms with Crippen LogP contribution >= 0.6 is 0 Å². The van der Waals surface area contributed by atoms with Crippen LogP contribution in [0.25, 0.3) is 0 Å². The van der Waals surface area contributed by atoms with Crippen LogP contribution in [0.5, 0.6) is 0 Å². The number of nitrogens with one attached hydrogen (secondary N) is 1. The molecule has 1 aromatic carbocycles. The molecule has 2 aliphatic carbocycles. The molecule has 148 valence electrons. The van der Waals surface area contributed by atoms with Gasteiger partial charge in [-0.2, -0.15) is 0 Å². The lowest BCUT2D eigenvalue weighted by atomic mass is 9.85. The van der Waals surface area contributed by atoms with Gasteiger partial charge in [0.2, 0.25) is 0 Å². The predicted molar refractivity (Wildman–Crippen MR) is 103 cm³/mol. The lowest BCUT2D eigenvalue weighted by Gasteiger charge is -2.43. The SMILES string of the molecule is CC(C)c1ccc(CNC2CC(N(CC(=O)O)CC3CC3)C2)cc1[N+](=O)[O-]. The molecule has 2 saturated carbocycles. The molecule has 7 heteroatoms. The molecule has 2 N–H and O–H groups in total. The van der Waals surface area contributed by atoms with Crippen LogP contribution < -0.4 is 5.32 Å². The summed E-state index contributed by atoms with van der Waals surface area (Å²) in [7, 11) is 0. The highest BCUT2D eigenvalue weighted by molar-refractivity contribution is 5.69. The molecule has 2 fully saturated rings. The summed E-state index contributed by atoms with van der Waals surface area (Å²) in [4.78, 5) is 24.2. The van der Waals surface area contributed by atoms with Crippen LogP contribution in [0.4, 0.5) is 5.69 Å². The van der Waals surface area contributed by atoms with Crippen molar-refractivity contribution in [2.75, 3.05) is 13.1 Å². The molecule has 0 amide bonds. The average Bonchev–Trinajstić information content (AvgIpc) is 3.36. The number of carbonyl (C=O) groups is 1. The highest BCUT2D eigenvalue weighted by Crippen LogP contribution is 2.34. The molecular formula is C20H29N3O4. The standard InChI is InChI=1S/C20H29N3O4/c1-13(2)18-6-5-15(7-19(18)23(26)27)10-21-16-8-17(9-16)22(12-20(24)25)11-14-3-4-14/h5-7,13-14,16-17,21H,3-4,8-12H2,1-2H3,(H,24,25). The Morgan fingerprint density at radius 1 is 1.37 bits per heavy atom. The van der Waals surface area contributed by atoms with Crippen molar-refractivity contribution in [3.05, 3.63) is 39.4 Å². The van der Waals surface area contributed by atoms with Gasteiger partial charge in [-0.15, -0.1) is 0 Å². The third-order valence-corrected chi connectivity index (χ3v) is 5.67. The minimum absolute atomic E-state index is 0.117. The van der Waals surface area contributed by atoms with Crippen molar-refractivity contribution >= 4 is 11.7 Å². The third-order valence-electron chi connectivity index (χ3n) is 5.67. The summed E-state index contributed by atoms with van der Waals surface area (Å²) in [6.07, 6.45) is 4.31. The van der Waals surface area contributed by atoms with Gasteiger partial charge < -0.3 is 10.4 Å². The van der Waals surface area contributed by atoms with Gasteiger partial charge in [0.1, 0.15) is 0 Å². The van der Waals surface area contributed by atoms with E-state index < -0.39 is 5.97 Å². The molecular weight excluding hydrogens is 346 g/mol. The Labute approximate surface area is 159 Å². The maximum absolute atomic E-state index is 11.3. The zero-order chi connectivity index (χ0) is 19.6. The summed E-state index contributed by atoms with van der Waals surface area (Å²) in [6, 6.07) is 6.15. The van der Waals surface area contributed by atoms with Crippen molar-refractivity contribution in [2.24, 2.45) is 5.92 Å². The molecule has 2 aliphatic rings. The number of benzene rings is 1. The Morgan fingerprint density at radius 3 is 2.63 bits per heavy atom. The van der Waals surface area contributed by atoms with Crippen LogP contribution in [0.3, 0.4) is 0 Å². The first-order valence-corrected chi connectivity index (χ1v) is 9.80. The fraction of sp³-hybridized carbons (Fsp3) is 0.650. The van der Waals surface area contributed by atoms with E-state index in [0.717, 1.165) is 30.5 Å². The number of carboxylic acids is 1. The number of rotatable bonds is 10. The minimum Gasteiger partial charge on any atom is -0.480 e. The quantitative estimate of drug-likeness (QED) is 0.482. The van der Waals surface area contributed by atoms with Gasteiger partial charge in [0.15, 0.2) is 0 Å². The van der Waals surface area contributed by atoms with E-state index in [-0.39, 0.29) is 23.1 Å². The highest BCUT2D eigenvalue weighted by atomic mass is 16.6. The van der Waals surface area contributed by atoms with Gasteiger partial charge in [-0.25, -0.2) is 0 Å². The first-order valence-electron chi connectivity index (χ1n) is 9.80. The van der Waals surface area contributed by atoms with E-state index in [1.807, 2.05) is 26.0 Å². The molecule has 1 aromatic rings. The molecule has 27 heavy (non-hydrogen) atoms. The van der Waals surface area contributed by atoms with Crippen LogP contribution in [-0.2, 0) is 11.3 Å². The van der Waals surface area contributed by atoms with Crippen molar-refractivity contribution in [1.82, 2.24) is 10.2 Å². The second-order valence-corrected chi connectivity index (χ2v) is 8.27. The van der Waals surface area contributed by atoms with E-state index in [4.69, 9.17) is 5.11 Å². The number of nitro benzene ring substituents is 1. The molecule has 0 spiro atoms. The Bertz CT molecular complexity index is 696. The maximum atomic E-state index is 11.3. The third kappa shape index (κ3) is 5.26. The van der Waals surface area contributed by atoms with Crippen LogP contribution in [0.15, 0.2) is 18.2 Å². The number of hydrogen-bond acceptors (Lipinski definition) is 5. The fourth-order valence-electron chi connectivity index (χ4n) is 3.81. The molecule has 0 aliphatic heterocycles. The average molecular weight is 375 g/mol. The molecule has 0 unspecified atom stereocenters. The molecule has 0 bridgehead atoms. The highest BCUT2D eigenvalue weighted by Gasteiger charge is 2.36. The van der Waals surface area contributed by atoms with Crippen molar-refractivity contribution < 1.29 is 14.8 Å². The summed E-state index contributed by atoms with van der Waals surface area (Å²) in [5.74, 6) is 0.0347. The number of aliphatic carboxylic acids is 1. The number of nitrogens with zero attached hydrogens (tertiary/aromatic N) is 2. The van der Waals surface area contributed by atoms with Gasteiger partial charge in [0.05, 0.1) is 11.5 Å². The second kappa shape index (κ2) is 8.35. The van der Waals surface area contributed by atoms with E-state index in [0.29, 0.717) is 24.5 Å². The second-order valence-electron chi connectivity index (χ2n) is 8.27. The zero-order valence-electron chi connectivity index (χ0n) is 16.1. The summed E-state index contributed by atoms with van der Waals surface area (Å²) in [5, 5.41) is 23.9. The number of hydrogen-bond donors (Lipinski definition) is 2. The van der Waals surface area contributed by atoms with Crippen molar-refractivity contribution in [3.8, 4) is 0 Å². The van der Waals surface area contributed by atoms with Gasteiger partial charge in [-0.1, -0.05) is 26.0 Å². The maximum Gasteiger partial charge on any atom is 0.317 e. The molecule has 7 nitrogen and oxygen atoms in total. The largest absolute Gasteiger partial charge is 0.480 e. The minimum atomic E-state index is -0.760. The summed E-state index contributed by atoms with van der Waals surface area (Å²) in [6.45, 7) is 5.53. The zero-order valence-corrected chi connectivity index (χ0v) is 16.1. The lowest BCUT2D eigenvalue weighted by Crippen LogP contribution is -2.54.